The summed E-state index contributed by atoms with van der Waals surface area (Å²) in [5.41, 5.74) is 0. The molecule has 0 aliphatic heterocycles. The van der Waals surface area contributed by atoms with Gasteiger partial charge in [-0.3, -0.25) is 32.5 Å². The van der Waals surface area contributed by atoms with E-state index in [9.17, 15) is 43.5 Å². The fraction of sp³-hybridized carbons (Fsp3) is 0.691. The van der Waals surface area contributed by atoms with Gasteiger partial charge < -0.3 is 34.2 Å². The Hall–Kier alpha value is -4.31. The Balaban J connectivity index is 4.55. The molecule has 0 saturated carbocycles. The van der Waals surface area contributed by atoms with Crippen LogP contribution in [0.5, 0.6) is 0 Å². The predicted octanol–water partition coefficient (Wildman–Crippen LogP) is 22.3. The number of carbonyl (C=O) groups is 3. The molecular formula is C81H138O16P2. The van der Waals surface area contributed by atoms with E-state index in [0.717, 1.165) is 148 Å². The van der Waals surface area contributed by atoms with Gasteiger partial charge >= 0.3 is 33.6 Å². The second-order valence-corrected chi connectivity index (χ2v) is 28.3. The molecule has 0 aromatic carbocycles. The highest BCUT2D eigenvalue weighted by molar-refractivity contribution is 7.47. The maximum atomic E-state index is 12.9. The number of rotatable bonds is 72. The van der Waals surface area contributed by atoms with E-state index in [-0.39, 0.29) is 19.3 Å². The third-order valence-electron chi connectivity index (χ3n) is 15.8. The van der Waals surface area contributed by atoms with Gasteiger partial charge in [-0.15, -0.1) is 0 Å². The number of aliphatic hydroxyl groups is 2. The monoisotopic (exact) mass is 1430 g/mol. The van der Waals surface area contributed by atoms with Crippen molar-refractivity contribution in [2.75, 3.05) is 39.6 Å². The van der Waals surface area contributed by atoms with E-state index in [2.05, 4.69) is 154 Å². The van der Waals surface area contributed by atoms with Crippen LogP contribution in [0.1, 0.15) is 303 Å². The third kappa shape index (κ3) is 74.7. The minimum Gasteiger partial charge on any atom is -0.463 e. The number of aliphatic hydroxyl groups excluding tert-OH is 2. The van der Waals surface area contributed by atoms with Gasteiger partial charge in [-0.25, -0.2) is 9.13 Å². The molecular weight excluding hydrogens is 1290 g/mol. The summed E-state index contributed by atoms with van der Waals surface area (Å²) in [5, 5.41) is 20.6. The standard InChI is InChI=1S/C81H138O16P2/c1-4-7-10-13-16-19-22-25-28-30-32-33-34-35-36-37-38-39-40-41-43-45-47-49-52-55-58-61-64-67-79(84)91-70-76(82)71-93-98(87,88)94-72-77(83)73-95-99(89,90)96-75-78(97-81(86)69-66-63-60-57-54-51-46-27-24-21-18-15-12-9-6-3)74-92-80(85)68-65-62-59-56-53-50-48-44-42-31-29-26-23-20-17-14-11-8-5-2/h7-8,10-11,16-17,19-20,25-29,32-33,35-36,42,44,46,50,53,76-78,82-83H,4-6,9,12-15,18,21-24,30-31,34,37-41,43,45,47-49,51-52,54-75H2,1-3H3,(H,87,88)(H,89,90)/b10-7-,11-8-,19-16-,20-17-,28-25-,29-26-,33-32-,36-35-,44-42-,46-27-,53-50-. The van der Waals surface area contributed by atoms with Crippen LogP contribution in [-0.2, 0) is 55.8 Å². The first-order chi connectivity index (χ1) is 48.2. The zero-order valence-corrected chi connectivity index (χ0v) is 63.7. The second-order valence-electron chi connectivity index (χ2n) is 25.4. The second kappa shape index (κ2) is 73.4. The number of phosphoric ester groups is 2. The van der Waals surface area contributed by atoms with E-state index in [1.165, 1.54) is 96.3 Å². The van der Waals surface area contributed by atoms with Gasteiger partial charge in [0.15, 0.2) is 6.10 Å². The lowest BCUT2D eigenvalue weighted by atomic mass is 10.0. The highest BCUT2D eigenvalue weighted by Crippen LogP contribution is 2.45. The van der Waals surface area contributed by atoms with Crippen molar-refractivity contribution in [1.29, 1.82) is 0 Å². The maximum Gasteiger partial charge on any atom is 0.472 e. The molecule has 568 valence electrons. The van der Waals surface area contributed by atoms with Crippen molar-refractivity contribution in [2.45, 2.75) is 322 Å². The van der Waals surface area contributed by atoms with Crippen LogP contribution in [0.25, 0.3) is 0 Å². The number of hydrogen-bond acceptors (Lipinski definition) is 14. The minimum atomic E-state index is -4.94. The van der Waals surface area contributed by atoms with Gasteiger partial charge in [-0.1, -0.05) is 283 Å². The zero-order valence-electron chi connectivity index (χ0n) is 61.9. The number of unbranched alkanes of at least 4 members (excludes halogenated alkanes) is 27. The molecule has 0 spiro atoms. The molecule has 18 heteroatoms. The lowest BCUT2D eigenvalue weighted by Gasteiger charge is -2.21. The highest BCUT2D eigenvalue weighted by Gasteiger charge is 2.29. The fourth-order valence-electron chi connectivity index (χ4n) is 10.0. The summed E-state index contributed by atoms with van der Waals surface area (Å²) in [7, 11) is -9.80. The highest BCUT2D eigenvalue weighted by atomic mass is 31.2. The van der Waals surface area contributed by atoms with Crippen molar-refractivity contribution in [1.82, 2.24) is 0 Å². The summed E-state index contributed by atoms with van der Waals surface area (Å²) >= 11 is 0. The average molecular weight is 1430 g/mol. The summed E-state index contributed by atoms with van der Waals surface area (Å²) in [6.07, 6.45) is 87.9. The van der Waals surface area contributed by atoms with E-state index < -0.39 is 91.5 Å². The van der Waals surface area contributed by atoms with Crippen LogP contribution in [0.15, 0.2) is 134 Å². The van der Waals surface area contributed by atoms with Crippen molar-refractivity contribution < 1.29 is 75.8 Å². The number of phosphoric acid groups is 2. The summed E-state index contributed by atoms with van der Waals surface area (Å²) in [4.78, 5) is 58.6. The van der Waals surface area contributed by atoms with Gasteiger partial charge in [0.25, 0.3) is 0 Å². The Morgan fingerprint density at radius 1 is 0.293 bits per heavy atom. The van der Waals surface area contributed by atoms with Crippen LogP contribution in [0.3, 0.4) is 0 Å². The van der Waals surface area contributed by atoms with Crippen LogP contribution in [0.2, 0.25) is 0 Å². The average Bonchev–Trinajstić information content (AvgIpc) is 1.73. The molecule has 0 aliphatic rings. The summed E-state index contributed by atoms with van der Waals surface area (Å²) < 4.78 is 61.0. The number of allylic oxidation sites excluding steroid dienone is 22. The van der Waals surface area contributed by atoms with Crippen molar-refractivity contribution >= 4 is 33.6 Å². The van der Waals surface area contributed by atoms with Crippen molar-refractivity contribution in [3.8, 4) is 0 Å². The Bertz CT molecular complexity index is 2330. The molecule has 0 saturated heterocycles. The Morgan fingerprint density at radius 3 is 0.869 bits per heavy atom. The van der Waals surface area contributed by atoms with Crippen LogP contribution < -0.4 is 0 Å². The lowest BCUT2D eigenvalue weighted by Crippen LogP contribution is -2.30. The number of ether oxygens (including phenoxy) is 3. The molecule has 5 unspecified atom stereocenters. The van der Waals surface area contributed by atoms with Crippen molar-refractivity contribution in [3.63, 3.8) is 0 Å². The first-order valence-corrected chi connectivity index (χ1v) is 41.5. The molecule has 0 bridgehead atoms. The Kier molecular flexibility index (Phi) is 70.2. The molecule has 0 aliphatic carbocycles. The molecule has 99 heavy (non-hydrogen) atoms. The predicted molar refractivity (Wildman–Crippen MR) is 408 cm³/mol. The molecule has 4 N–H and O–H groups in total. The van der Waals surface area contributed by atoms with Gasteiger partial charge in [0.2, 0.25) is 0 Å². The van der Waals surface area contributed by atoms with E-state index in [1.807, 2.05) is 0 Å². The largest absolute Gasteiger partial charge is 0.472 e. The normalized spacial score (nSPS) is 14.8. The molecule has 0 fully saturated rings. The quantitative estimate of drug-likeness (QED) is 0.0146. The smallest absolute Gasteiger partial charge is 0.463 e. The molecule has 0 amide bonds. The summed E-state index contributed by atoms with van der Waals surface area (Å²) in [6, 6.07) is 0. The van der Waals surface area contributed by atoms with E-state index in [0.29, 0.717) is 19.3 Å². The number of hydrogen-bond donors (Lipinski definition) is 4. The fourth-order valence-corrected chi connectivity index (χ4v) is 11.6. The first-order valence-electron chi connectivity index (χ1n) is 38.5. The molecule has 0 radical (unpaired) electrons. The topological polar surface area (TPSA) is 231 Å². The molecule has 0 heterocycles. The van der Waals surface area contributed by atoms with Crippen LogP contribution in [0, 0.1) is 0 Å². The van der Waals surface area contributed by atoms with Gasteiger partial charge in [0.1, 0.15) is 25.4 Å². The SMILES string of the molecule is CC/C=C\C/C=C\C/C=C\C/C=C\C/C=C\CCCCCCCCCCCCCCCC(=O)OCC(O)COP(=O)(O)OCC(O)COP(=O)(O)OCC(COC(=O)CCCCC/C=C\C/C=C\C/C=C\C/C=C\C/C=C\CC)OC(=O)CCCCCCC/C=C\CCCCCCCC. The van der Waals surface area contributed by atoms with Crippen LogP contribution in [0.4, 0.5) is 0 Å². The molecule has 5 atom stereocenters. The molecule has 16 nitrogen and oxygen atoms in total. The van der Waals surface area contributed by atoms with E-state index in [1.54, 1.807) is 0 Å². The van der Waals surface area contributed by atoms with E-state index in [4.69, 9.17) is 32.3 Å². The van der Waals surface area contributed by atoms with E-state index >= 15 is 0 Å². The molecule has 0 aromatic rings. The van der Waals surface area contributed by atoms with Gasteiger partial charge in [0, 0.05) is 19.3 Å². The maximum absolute atomic E-state index is 12.9. The summed E-state index contributed by atoms with van der Waals surface area (Å²) in [5.74, 6) is -1.62. The molecule has 0 rings (SSSR count). The van der Waals surface area contributed by atoms with Crippen molar-refractivity contribution in [2.24, 2.45) is 0 Å². The zero-order chi connectivity index (χ0) is 72.3. The van der Waals surface area contributed by atoms with Crippen molar-refractivity contribution in [3.05, 3.63) is 134 Å². The third-order valence-corrected chi connectivity index (χ3v) is 17.7. The number of carbonyl (C=O) groups excluding carboxylic acids is 3. The lowest BCUT2D eigenvalue weighted by molar-refractivity contribution is -0.161. The Morgan fingerprint density at radius 2 is 0.535 bits per heavy atom. The van der Waals surface area contributed by atoms with Gasteiger partial charge in [0.05, 0.1) is 26.4 Å². The number of esters is 3. The van der Waals surface area contributed by atoms with Crippen LogP contribution in [-0.4, -0.2) is 95.9 Å². The Labute approximate surface area is 601 Å². The van der Waals surface area contributed by atoms with Gasteiger partial charge in [-0.05, 0) is 135 Å². The summed E-state index contributed by atoms with van der Waals surface area (Å²) in [6.45, 7) is 2.40. The molecule has 0 aromatic heterocycles. The van der Waals surface area contributed by atoms with Crippen LogP contribution >= 0.6 is 15.6 Å². The first kappa shape index (κ1) is 94.7. The van der Waals surface area contributed by atoms with Gasteiger partial charge in [-0.2, -0.15) is 0 Å². The minimum absolute atomic E-state index is 0.0849.